The van der Waals surface area contributed by atoms with E-state index in [4.69, 9.17) is 30.2 Å². The molecule has 3 aromatic rings. The van der Waals surface area contributed by atoms with E-state index in [1.807, 2.05) is 0 Å². The second kappa shape index (κ2) is 12.5. The summed E-state index contributed by atoms with van der Waals surface area (Å²) in [4.78, 5) is 53.9. The van der Waals surface area contributed by atoms with Crippen molar-refractivity contribution < 1.29 is 37.8 Å². The van der Waals surface area contributed by atoms with E-state index in [-0.39, 0.29) is 55.0 Å². The summed E-state index contributed by atoms with van der Waals surface area (Å²) >= 11 is 6.11. The Labute approximate surface area is 241 Å². The number of ketones is 1. The minimum atomic E-state index is -0.320. The second-order valence-corrected chi connectivity index (χ2v) is 10.1. The smallest absolute Gasteiger partial charge is 0.309 e. The number of Topliss-reactive ketones (excluding diaryl/α,β-unsaturated/α-hetero) is 1. The fourth-order valence-corrected chi connectivity index (χ4v) is 5.00. The van der Waals surface area contributed by atoms with Crippen LogP contribution in [-0.4, -0.2) is 61.4 Å². The number of carbonyl (C=O) groups excluding carboxylic acids is 4. The minimum Gasteiger partial charge on any atom is -0.484 e. The lowest BCUT2D eigenvalue weighted by Crippen LogP contribution is -2.40. The Bertz CT molecular complexity index is 1460. The average molecular weight is 581 g/mol. The summed E-state index contributed by atoms with van der Waals surface area (Å²) in [7, 11) is 0. The second-order valence-electron chi connectivity index (χ2n) is 9.68. The number of esters is 1. The summed E-state index contributed by atoms with van der Waals surface area (Å²) in [5.74, 6) is 0.0478. The number of nitrogens with zero attached hydrogens (tertiary/aromatic N) is 2. The fourth-order valence-electron chi connectivity index (χ4n) is 4.81. The van der Waals surface area contributed by atoms with E-state index in [1.54, 1.807) is 66.4 Å². The molecule has 1 saturated heterocycles. The molecule has 2 amide bonds. The van der Waals surface area contributed by atoms with Crippen molar-refractivity contribution in [3.05, 3.63) is 76.7 Å². The molecule has 0 atom stereocenters. The summed E-state index contributed by atoms with van der Waals surface area (Å²) in [6.45, 7) is 2.58. The van der Waals surface area contributed by atoms with Gasteiger partial charge in [0.05, 0.1) is 29.8 Å². The van der Waals surface area contributed by atoms with E-state index in [1.165, 1.54) is 4.90 Å². The Morgan fingerprint density at radius 2 is 1.83 bits per heavy atom. The van der Waals surface area contributed by atoms with Crippen molar-refractivity contribution in [3.63, 3.8) is 0 Å². The van der Waals surface area contributed by atoms with Gasteiger partial charge in [-0.15, -0.1) is 0 Å². The van der Waals surface area contributed by atoms with E-state index < -0.39 is 0 Å². The Hall–Kier alpha value is -4.31. The van der Waals surface area contributed by atoms with Gasteiger partial charge in [-0.2, -0.15) is 0 Å². The molecule has 41 heavy (non-hydrogen) atoms. The van der Waals surface area contributed by atoms with Crippen LogP contribution in [0.3, 0.4) is 0 Å². The van der Waals surface area contributed by atoms with Crippen LogP contribution in [0.1, 0.15) is 46.4 Å². The van der Waals surface area contributed by atoms with Gasteiger partial charge in [0.25, 0.3) is 11.8 Å². The van der Waals surface area contributed by atoms with Gasteiger partial charge in [0.15, 0.2) is 24.8 Å². The first kappa shape index (κ1) is 28.2. The molecular formula is C30H29ClN2O8. The van der Waals surface area contributed by atoms with Gasteiger partial charge in [0.1, 0.15) is 17.3 Å². The highest BCUT2D eigenvalue weighted by atomic mass is 35.5. The van der Waals surface area contributed by atoms with Crippen LogP contribution >= 0.6 is 11.6 Å². The first-order chi connectivity index (χ1) is 19.8. The molecule has 5 rings (SSSR count). The predicted octanol–water partition coefficient (Wildman–Crippen LogP) is 4.54. The molecule has 0 bridgehead atoms. The minimum absolute atomic E-state index is 0.0428. The molecule has 214 valence electrons. The number of para-hydroxylation sites is 1. The third-order valence-electron chi connectivity index (χ3n) is 7.01. The number of anilines is 1. The maximum atomic E-state index is 13.0. The van der Waals surface area contributed by atoms with Crippen LogP contribution in [0.5, 0.6) is 11.5 Å². The van der Waals surface area contributed by atoms with Crippen LogP contribution in [0.2, 0.25) is 5.02 Å². The fraction of sp³-hybridized carbons (Fsp3) is 0.333. The molecule has 1 fully saturated rings. The van der Waals surface area contributed by atoms with Crippen LogP contribution in [-0.2, 0) is 20.9 Å². The van der Waals surface area contributed by atoms with Crippen LogP contribution in [0, 0.1) is 5.92 Å². The van der Waals surface area contributed by atoms with E-state index in [0.29, 0.717) is 66.1 Å². The van der Waals surface area contributed by atoms with Crippen LogP contribution in [0.15, 0.2) is 59.0 Å². The number of fused-ring (bicyclic) bond motifs is 1. The molecule has 11 heteroatoms. The number of piperidine rings is 1. The SMILES string of the molecule is CCOC(=O)C1CCN(C(=O)c2ccc(CN3C(=O)COc4ccc(C(=O)COc5ccccc5Cl)cc43)o2)CC1. The zero-order valence-electron chi connectivity index (χ0n) is 22.5. The number of halogens is 1. The lowest BCUT2D eigenvalue weighted by Gasteiger charge is -2.30. The summed E-state index contributed by atoms with van der Waals surface area (Å²) in [6.07, 6.45) is 1.06. The Morgan fingerprint density at radius 1 is 1.05 bits per heavy atom. The summed E-state index contributed by atoms with van der Waals surface area (Å²) in [5.41, 5.74) is 0.746. The first-order valence-electron chi connectivity index (χ1n) is 13.4. The molecule has 0 saturated carbocycles. The summed E-state index contributed by atoms with van der Waals surface area (Å²) in [6, 6.07) is 14.9. The number of hydrogen-bond donors (Lipinski definition) is 0. The van der Waals surface area contributed by atoms with Gasteiger partial charge < -0.3 is 23.5 Å². The molecule has 3 heterocycles. The Kier molecular flexibility index (Phi) is 8.58. The number of hydrogen-bond acceptors (Lipinski definition) is 8. The van der Waals surface area contributed by atoms with E-state index in [0.717, 1.165) is 0 Å². The Balaban J connectivity index is 1.25. The lowest BCUT2D eigenvalue weighted by molar-refractivity contribution is -0.149. The quantitative estimate of drug-likeness (QED) is 0.268. The molecule has 2 aromatic carbocycles. The highest BCUT2D eigenvalue weighted by molar-refractivity contribution is 6.32. The molecule has 2 aliphatic heterocycles. The third kappa shape index (κ3) is 6.38. The van der Waals surface area contributed by atoms with Crippen LogP contribution in [0.4, 0.5) is 5.69 Å². The van der Waals surface area contributed by atoms with Crippen molar-refractivity contribution in [3.8, 4) is 11.5 Å². The normalized spacial score (nSPS) is 15.2. The summed E-state index contributed by atoms with van der Waals surface area (Å²) in [5, 5.41) is 0.397. The molecule has 0 spiro atoms. The third-order valence-corrected chi connectivity index (χ3v) is 7.32. The molecular weight excluding hydrogens is 552 g/mol. The van der Waals surface area contributed by atoms with Crippen LogP contribution < -0.4 is 14.4 Å². The molecule has 0 N–H and O–H groups in total. The maximum Gasteiger partial charge on any atom is 0.309 e. The van der Waals surface area contributed by atoms with Crippen molar-refractivity contribution in [1.82, 2.24) is 4.90 Å². The highest BCUT2D eigenvalue weighted by Crippen LogP contribution is 2.35. The molecule has 1 aromatic heterocycles. The molecule has 0 unspecified atom stereocenters. The number of carbonyl (C=O) groups is 4. The largest absolute Gasteiger partial charge is 0.484 e. The zero-order valence-corrected chi connectivity index (χ0v) is 23.2. The maximum absolute atomic E-state index is 13.0. The molecule has 0 radical (unpaired) electrons. The number of ether oxygens (including phenoxy) is 3. The van der Waals surface area contributed by atoms with Crippen molar-refractivity contribution >= 4 is 40.9 Å². The number of benzene rings is 2. The van der Waals surface area contributed by atoms with Gasteiger partial charge in [-0.1, -0.05) is 23.7 Å². The summed E-state index contributed by atoms with van der Waals surface area (Å²) < 4.78 is 22.1. The number of furan rings is 1. The topological polar surface area (TPSA) is 116 Å². The number of likely N-dealkylation sites (tertiary alicyclic amines) is 1. The van der Waals surface area contributed by atoms with Gasteiger partial charge in [0, 0.05) is 18.7 Å². The lowest BCUT2D eigenvalue weighted by atomic mass is 9.97. The number of rotatable bonds is 9. The van der Waals surface area contributed by atoms with Crippen molar-refractivity contribution in [2.75, 3.05) is 37.8 Å². The van der Waals surface area contributed by atoms with Crippen molar-refractivity contribution in [1.29, 1.82) is 0 Å². The van der Waals surface area contributed by atoms with Gasteiger partial charge >= 0.3 is 5.97 Å². The monoisotopic (exact) mass is 580 g/mol. The van der Waals surface area contributed by atoms with Crippen molar-refractivity contribution in [2.24, 2.45) is 5.92 Å². The average Bonchev–Trinajstić information content (AvgIpc) is 3.46. The van der Waals surface area contributed by atoms with E-state index >= 15 is 0 Å². The van der Waals surface area contributed by atoms with E-state index in [2.05, 4.69) is 0 Å². The number of amides is 2. The van der Waals surface area contributed by atoms with Gasteiger partial charge in [-0.05, 0) is 62.2 Å². The predicted molar refractivity (Wildman–Crippen MR) is 148 cm³/mol. The first-order valence-corrected chi connectivity index (χ1v) is 13.7. The highest BCUT2D eigenvalue weighted by Gasteiger charge is 2.31. The molecule has 10 nitrogen and oxygen atoms in total. The molecule has 2 aliphatic rings. The Morgan fingerprint density at radius 3 is 2.59 bits per heavy atom. The van der Waals surface area contributed by atoms with Crippen molar-refractivity contribution in [2.45, 2.75) is 26.3 Å². The molecule has 0 aliphatic carbocycles. The standard InChI is InChI=1S/C30H29ClN2O8/c1-2-38-30(37)19-11-13-32(14-12-19)29(36)27-10-8-21(41-27)16-33-23-15-20(7-9-26(23)40-18-28(33)35)24(34)17-39-25-6-4-3-5-22(25)31/h3-10,15,19H,2,11-14,16-18H2,1H3. The van der Waals surface area contributed by atoms with E-state index in [9.17, 15) is 19.2 Å². The van der Waals surface area contributed by atoms with Gasteiger partial charge in [0.2, 0.25) is 0 Å². The zero-order chi connectivity index (χ0) is 28.9. The van der Waals surface area contributed by atoms with Gasteiger partial charge in [-0.3, -0.25) is 24.1 Å². The van der Waals surface area contributed by atoms with Gasteiger partial charge in [-0.25, -0.2) is 0 Å². The van der Waals surface area contributed by atoms with Crippen LogP contribution in [0.25, 0.3) is 0 Å².